The van der Waals surface area contributed by atoms with Crippen LogP contribution < -0.4 is 0 Å². The van der Waals surface area contributed by atoms with Gasteiger partial charge < -0.3 is 14.4 Å². The summed E-state index contributed by atoms with van der Waals surface area (Å²) in [6.07, 6.45) is 12.1. The quantitative estimate of drug-likeness (QED) is 0.534. The Hall–Kier alpha value is -2.56. The number of hydrogen-bond acceptors (Lipinski definition) is 5. The smallest absolute Gasteiger partial charge is 0.339 e. The maximum absolute atomic E-state index is 14.0. The van der Waals surface area contributed by atoms with Gasteiger partial charge in [0.1, 0.15) is 6.10 Å². The molecule has 1 aromatic rings. The zero-order valence-corrected chi connectivity index (χ0v) is 21.1. The number of fused-ring (bicyclic) bond motifs is 1. The average Bonchev–Trinajstić information content (AvgIpc) is 3.06. The van der Waals surface area contributed by atoms with Gasteiger partial charge in [-0.1, -0.05) is 70.4 Å². The van der Waals surface area contributed by atoms with Crippen LogP contribution in [0.3, 0.4) is 0 Å². The minimum absolute atomic E-state index is 0.104. The first-order chi connectivity index (χ1) is 16.3. The number of nitrogens with zero attached hydrogens (tertiary/aromatic N) is 1. The van der Waals surface area contributed by atoms with Gasteiger partial charge in [0.05, 0.1) is 12.7 Å². The highest BCUT2D eigenvalue weighted by atomic mass is 16.5. The molecule has 4 atom stereocenters. The highest BCUT2D eigenvalue weighted by Crippen LogP contribution is 2.45. The molecule has 1 aromatic carbocycles. The second kappa shape index (κ2) is 9.97. The average molecular weight is 466 g/mol. The number of esters is 2. The summed E-state index contributed by atoms with van der Waals surface area (Å²) in [6, 6.07) is 10.6. The second-order valence-corrected chi connectivity index (χ2v) is 10.9. The van der Waals surface area contributed by atoms with E-state index in [1.165, 1.54) is 12.7 Å². The van der Waals surface area contributed by atoms with Gasteiger partial charge in [-0.15, -0.1) is 0 Å². The molecule has 0 N–H and O–H groups in total. The number of hydrogen-bond donors (Lipinski definition) is 0. The van der Waals surface area contributed by atoms with Crippen LogP contribution in [-0.4, -0.2) is 42.1 Å². The van der Waals surface area contributed by atoms with E-state index in [0.717, 1.165) is 45.1 Å². The summed E-state index contributed by atoms with van der Waals surface area (Å²) in [5.41, 5.74) is 0.805. The highest BCUT2D eigenvalue weighted by Gasteiger charge is 2.48. The van der Waals surface area contributed by atoms with Crippen molar-refractivity contribution in [3.63, 3.8) is 0 Å². The van der Waals surface area contributed by atoms with Gasteiger partial charge in [0.15, 0.2) is 5.54 Å². The van der Waals surface area contributed by atoms with Crippen molar-refractivity contribution in [2.24, 2.45) is 11.8 Å². The Morgan fingerprint density at radius 3 is 2.59 bits per heavy atom. The first-order valence-electron chi connectivity index (χ1n) is 12.8. The molecule has 2 fully saturated rings. The van der Waals surface area contributed by atoms with Crippen LogP contribution in [0.4, 0.5) is 0 Å². The fraction of sp³-hybridized carbons (Fsp3) is 0.586. The van der Waals surface area contributed by atoms with Gasteiger partial charge in [-0.2, -0.15) is 0 Å². The molecule has 4 rings (SSSR count). The van der Waals surface area contributed by atoms with Crippen LogP contribution in [-0.2, 0) is 24.5 Å². The van der Waals surface area contributed by atoms with Gasteiger partial charge in [0, 0.05) is 18.7 Å². The summed E-state index contributed by atoms with van der Waals surface area (Å²) < 4.78 is 11.4. The highest BCUT2D eigenvalue weighted by molar-refractivity contribution is 5.93. The van der Waals surface area contributed by atoms with Gasteiger partial charge in [0.2, 0.25) is 0 Å². The molecule has 0 unspecified atom stereocenters. The van der Waals surface area contributed by atoms with Crippen molar-refractivity contribution < 1.29 is 19.1 Å². The predicted octanol–water partition coefficient (Wildman–Crippen LogP) is 5.55. The van der Waals surface area contributed by atoms with Crippen molar-refractivity contribution in [2.75, 3.05) is 13.7 Å². The van der Waals surface area contributed by atoms with E-state index in [4.69, 9.17) is 9.47 Å². The Morgan fingerprint density at radius 2 is 1.85 bits per heavy atom. The predicted molar refractivity (Wildman–Crippen MR) is 133 cm³/mol. The van der Waals surface area contributed by atoms with Crippen LogP contribution in [0.5, 0.6) is 0 Å². The van der Waals surface area contributed by atoms with Crippen LogP contribution in [0.15, 0.2) is 54.3 Å². The summed E-state index contributed by atoms with van der Waals surface area (Å²) in [7, 11) is 1.38. The number of methoxy groups -OCH3 is 1. The lowest BCUT2D eigenvalue weighted by molar-refractivity contribution is -0.167. The zero-order chi connectivity index (χ0) is 24.3. The molecular formula is C29H39NO4. The Morgan fingerprint density at radius 1 is 1.09 bits per heavy atom. The third-order valence-electron chi connectivity index (χ3n) is 8.33. The van der Waals surface area contributed by atoms with E-state index in [1.54, 1.807) is 12.3 Å². The van der Waals surface area contributed by atoms with Gasteiger partial charge in [-0.05, 0) is 54.7 Å². The topological polar surface area (TPSA) is 55.8 Å². The van der Waals surface area contributed by atoms with Crippen molar-refractivity contribution in [3.8, 4) is 0 Å². The van der Waals surface area contributed by atoms with E-state index >= 15 is 0 Å². The molecule has 0 amide bonds. The molecule has 1 saturated carbocycles. The van der Waals surface area contributed by atoms with E-state index < -0.39 is 5.54 Å². The maximum Gasteiger partial charge on any atom is 0.339 e. The van der Waals surface area contributed by atoms with Crippen molar-refractivity contribution >= 4 is 11.9 Å². The van der Waals surface area contributed by atoms with Crippen molar-refractivity contribution in [2.45, 2.75) is 82.8 Å². The van der Waals surface area contributed by atoms with Crippen LogP contribution in [0.1, 0.15) is 71.3 Å². The Kier molecular flexibility index (Phi) is 7.20. The Bertz CT molecular complexity index is 950. The molecule has 1 saturated heterocycles. The molecule has 1 aliphatic carbocycles. The van der Waals surface area contributed by atoms with E-state index in [-0.39, 0.29) is 29.4 Å². The van der Waals surface area contributed by atoms with Gasteiger partial charge >= 0.3 is 11.9 Å². The SMILES string of the molecule is COC(=O)C1=CN2CCCCC[C@]2(C(=O)O[C@@H]2C[C@H](C)CC[C@H]2C(C)(C)c2ccccc2)C=C1. The second-order valence-electron chi connectivity index (χ2n) is 10.9. The number of rotatable bonds is 5. The number of carbonyl (C=O) groups excluding carboxylic acids is 2. The fourth-order valence-electron chi connectivity index (χ4n) is 6.13. The molecule has 0 bridgehead atoms. The largest absolute Gasteiger partial charge is 0.465 e. The first kappa shape index (κ1) is 24.6. The molecule has 5 nitrogen and oxygen atoms in total. The van der Waals surface area contributed by atoms with Gasteiger partial charge in [0.25, 0.3) is 0 Å². The molecular weight excluding hydrogens is 426 g/mol. The van der Waals surface area contributed by atoms with E-state index in [0.29, 0.717) is 17.9 Å². The van der Waals surface area contributed by atoms with Gasteiger partial charge in [-0.3, -0.25) is 0 Å². The standard InChI is InChI=1S/C29H39NO4/c1-21-13-14-24(28(2,3)23-11-7-5-8-12-23)25(19-21)34-27(32)29-16-9-6-10-18-30(29)20-22(15-17-29)26(31)33-4/h5,7-8,11-12,15,17,20-21,24-25H,6,9-10,13-14,16,18-19H2,1-4H3/t21-,24-,25-,29-/m1/s1. The van der Waals surface area contributed by atoms with Crippen molar-refractivity contribution in [3.05, 3.63) is 59.8 Å². The van der Waals surface area contributed by atoms with Gasteiger partial charge in [-0.25, -0.2) is 9.59 Å². The summed E-state index contributed by atoms with van der Waals surface area (Å²) in [6.45, 7) is 7.55. The van der Waals surface area contributed by atoms with E-state index in [9.17, 15) is 9.59 Å². The molecule has 2 aliphatic heterocycles. The van der Waals surface area contributed by atoms with Crippen LogP contribution in [0, 0.1) is 11.8 Å². The summed E-state index contributed by atoms with van der Waals surface area (Å²) in [5, 5.41) is 0. The molecule has 3 aliphatic rings. The molecule has 184 valence electrons. The summed E-state index contributed by atoms with van der Waals surface area (Å²) in [5.74, 6) is 0.211. The third-order valence-corrected chi connectivity index (χ3v) is 8.33. The fourth-order valence-corrected chi connectivity index (χ4v) is 6.13. The maximum atomic E-state index is 14.0. The molecule has 5 heteroatoms. The van der Waals surface area contributed by atoms with Crippen molar-refractivity contribution in [1.82, 2.24) is 4.90 Å². The monoisotopic (exact) mass is 465 g/mol. The van der Waals surface area contributed by atoms with Crippen LogP contribution in [0.2, 0.25) is 0 Å². The lowest BCUT2D eigenvalue weighted by Crippen LogP contribution is -2.55. The zero-order valence-electron chi connectivity index (χ0n) is 21.1. The minimum Gasteiger partial charge on any atom is -0.465 e. The summed E-state index contributed by atoms with van der Waals surface area (Å²) >= 11 is 0. The lowest BCUT2D eigenvalue weighted by Gasteiger charge is -2.46. The molecule has 2 heterocycles. The van der Waals surface area contributed by atoms with E-state index in [2.05, 4.69) is 45.0 Å². The molecule has 0 aromatic heterocycles. The number of carbonyl (C=O) groups is 2. The Balaban J connectivity index is 1.61. The summed E-state index contributed by atoms with van der Waals surface area (Å²) in [4.78, 5) is 28.2. The number of benzene rings is 1. The molecule has 34 heavy (non-hydrogen) atoms. The first-order valence-corrected chi connectivity index (χ1v) is 12.8. The van der Waals surface area contributed by atoms with Crippen LogP contribution >= 0.6 is 0 Å². The normalized spacial score (nSPS) is 29.5. The number of ether oxygens (including phenoxy) is 2. The van der Waals surface area contributed by atoms with Crippen molar-refractivity contribution in [1.29, 1.82) is 0 Å². The lowest BCUT2D eigenvalue weighted by atomic mass is 9.64. The molecule has 0 spiro atoms. The Labute approximate surface area is 204 Å². The molecule has 0 radical (unpaired) electrons. The van der Waals surface area contributed by atoms with Crippen LogP contribution in [0.25, 0.3) is 0 Å². The van der Waals surface area contributed by atoms with E-state index in [1.807, 2.05) is 17.0 Å². The third kappa shape index (κ3) is 4.67. The minimum atomic E-state index is -0.851.